The fraction of sp³-hybridized carbons (Fsp3) is 1.00. The second kappa shape index (κ2) is 20.7. The molecule has 0 aliphatic heterocycles. The molecule has 0 aromatic carbocycles. The second-order valence-electron chi connectivity index (χ2n) is 4.52. The molecule has 0 spiro atoms. The van der Waals surface area contributed by atoms with Crippen molar-refractivity contribution in [2.24, 2.45) is 0 Å². The topological polar surface area (TPSA) is 64.5 Å². The van der Waals surface area contributed by atoms with E-state index in [2.05, 4.69) is 38.3 Å². The molecule has 0 aliphatic carbocycles. The van der Waals surface area contributed by atoms with Gasteiger partial charge in [-0.05, 0) is 38.8 Å². The van der Waals surface area contributed by atoms with E-state index in [4.69, 9.17) is 10.2 Å². The van der Waals surface area contributed by atoms with Crippen LogP contribution in [0.4, 0.5) is 0 Å². The Bertz CT molecular complexity index is 135. The van der Waals surface area contributed by atoms with E-state index in [0.717, 1.165) is 51.6 Å². The molecular formula is C14H34CoN2O2. The average Bonchev–Trinajstić information content (AvgIpc) is 2.35. The Hall–Kier alpha value is 0.346. The summed E-state index contributed by atoms with van der Waals surface area (Å²) in [5, 5.41) is 24.1. The van der Waals surface area contributed by atoms with Gasteiger partial charge in [-0.25, -0.2) is 0 Å². The van der Waals surface area contributed by atoms with Crippen molar-refractivity contribution in [1.82, 2.24) is 10.6 Å². The molecule has 0 aliphatic rings. The van der Waals surface area contributed by atoms with Crippen LogP contribution in [-0.4, -0.2) is 35.8 Å². The minimum absolute atomic E-state index is 0. The van der Waals surface area contributed by atoms with Gasteiger partial charge < -0.3 is 10.2 Å². The van der Waals surface area contributed by atoms with Gasteiger partial charge in [-0.3, -0.25) is 10.6 Å². The summed E-state index contributed by atoms with van der Waals surface area (Å²) in [6.07, 6.45) is 5.40. The van der Waals surface area contributed by atoms with Crippen molar-refractivity contribution in [3.8, 4) is 0 Å². The van der Waals surface area contributed by atoms with Gasteiger partial charge in [0.15, 0.2) is 0 Å². The van der Waals surface area contributed by atoms with Crippen LogP contribution >= 0.6 is 0 Å². The molecule has 0 saturated carbocycles. The largest absolute Gasteiger partial charge is 0.379 e. The summed E-state index contributed by atoms with van der Waals surface area (Å²) in [6, 6.07) is 0. The van der Waals surface area contributed by atoms with Crippen LogP contribution in [-0.2, 0) is 16.8 Å². The molecule has 0 aromatic rings. The smallest absolute Gasteiger partial charge is 0.104 e. The van der Waals surface area contributed by atoms with Crippen LogP contribution in [0.2, 0.25) is 0 Å². The molecule has 0 saturated heterocycles. The summed E-state index contributed by atoms with van der Waals surface area (Å²) in [7, 11) is 0. The predicted molar refractivity (Wildman–Crippen MR) is 78.4 cm³/mol. The first-order chi connectivity index (χ1) is 8.62. The van der Waals surface area contributed by atoms with Gasteiger partial charge in [0.2, 0.25) is 0 Å². The quantitative estimate of drug-likeness (QED) is 0.466. The third kappa shape index (κ3) is 23.8. The van der Waals surface area contributed by atoms with Gasteiger partial charge in [0.05, 0.1) is 0 Å². The number of hydrogen-bond acceptors (Lipinski definition) is 4. The van der Waals surface area contributed by atoms with Crippen LogP contribution in [0.25, 0.3) is 0 Å². The Labute approximate surface area is 129 Å². The maximum absolute atomic E-state index is 9.07. The number of rotatable bonds is 10. The van der Waals surface area contributed by atoms with Crippen LogP contribution in [0.15, 0.2) is 0 Å². The van der Waals surface area contributed by atoms with E-state index >= 15 is 0 Å². The Kier molecular flexibility index (Phi) is 26.5. The maximum Gasteiger partial charge on any atom is 0.104 e. The fourth-order valence-electron chi connectivity index (χ4n) is 1.37. The zero-order valence-corrected chi connectivity index (χ0v) is 14.1. The van der Waals surface area contributed by atoms with Crippen LogP contribution in [0, 0.1) is 0 Å². The summed E-state index contributed by atoms with van der Waals surface area (Å²) < 4.78 is 0. The van der Waals surface area contributed by atoms with E-state index in [1.165, 1.54) is 0 Å². The standard InChI is InChI=1S/2C7H17NO.Co/c2*1-3-5-7(9)8-6-4-2;/h2*7-9H,3-6H2,1-2H3;. The van der Waals surface area contributed by atoms with Crippen molar-refractivity contribution >= 4 is 0 Å². The zero-order chi connectivity index (χ0) is 14.2. The average molecular weight is 321 g/mol. The third-order valence-corrected chi connectivity index (χ3v) is 2.38. The molecule has 4 nitrogen and oxygen atoms in total. The Morgan fingerprint density at radius 2 is 1.00 bits per heavy atom. The van der Waals surface area contributed by atoms with Gasteiger partial charge >= 0.3 is 0 Å². The van der Waals surface area contributed by atoms with Crippen LogP contribution in [0.1, 0.15) is 66.2 Å². The monoisotopic (exact) mass is 321 g/mol. The molecule has 1 radical (unpaired) electrons. The molecular weight excluding hydrogens is 287 g/mol. The van der Waals surface area contributed by atoms with Crippen molar-refractivity contribution < 1.29 is 27.0 Å². The number of nitrogens with one attached hydrogen (secondary N) is 2. The van der Waals surface area contributed by atoms with Gasteiger partial charge in [-0.1, -0.05) is 40.5 Å². The molecule has 0 fully saturated rings. The van der Waals surface area contributed by atoms with Crippen LogP contribution in [0.5, 0.6) is 0 Å². The Balaban J connectivity index is -0.000000256. The normalized spacial score (nSPS) is 12.9. The number of hydrogen-bond donors (Lipinski definition) is 4. The van der Waals surface area contributed by atoms with Crippen molar-refractivity contribution in [3.05, 3.63) is 0 Å². The summed E-state index contributed by atoms with van der Waals surface area (Å²) in [6.45, 7) is 10.1. The van der Waals surface area contributed by atoms with E-state index in [9.17, 15) is 0 Å². The summed E-state index contributed by atoms with van der Waals surface area (Å²) in [5.41, 5.74) is 0. The first-order valence-corrected chi connectivity index (χ1v) is 7.45. The minimum Gasteiger partial charge on any atom is -0.379 e. The summed E-state index contributed by atoms with van der Waals surface area (Å²) in [4.78, 5) is 0. The third-order valence-electron chi connectivity index (χ3n) is 2.38. The van der Waals surface area contributed by atoms with Crippen LogP contribution in [0.3, 0.4) is 0 Å². The van der Waals surface area contributed by atoms with Crippen molar-refractivity contribution in [2.75, 3.05) is 13.1 Å². The van der Waals surface area contributed by atoms with E-state index in [1.807, 2.05) is 0 Å². The van der Waals surface area contributed by atoms with Gasteiger partial charge in [0.1, 0.15) is 12.5 Å². The Morgan fingerprint density at radius 1 is 0.684 bits per heavy atom. The van der Waals surface area contributed by atoms with Gasteiger partial charge in [-0.15, -0.1) is 0 Å². The molecule has 0 heterocycles. The summed E-state index contributed by atoms with van der Waals surface area (Å²) in [5.74, 6) is 0. The number of aliphatic hydroxyl groups excluding tert-OH is 2. The van der Waals surface area contributed by atoms with E-state index in [1.54, 1.807) is 0 Å². The first kappa shape index (κ1) is 24.4. The second-order valence-corrected chi connectivity index (χ2v) is 4.52. The van der Waals surface area contributed by atoms with Crippen molar-refractivity contribution in [3.63, 3.8) is 0 Å². The van der Waals surface area contributed by atoms with Gasteiger partial charge in [-0.2, -0.15) is 0 Å². The molecule has 0 rings (SSSR count). The SMILES string of the molecule is CCCNC(O)CCC.CCCNC(O)CCC.[Co]. The molecule has 121 valence electrons. The summed E-state index contributed by atoms with van der Waals surface area (Å²) >= 11 is 0. The predicted octanol–water partition coefficient (Wildman–Crippen LogP) is 2.21. The van der Waals surface area contributed by atoms with Crippen molar-refractivity contribution in [1.29, 1.82) is 0 Å². The zero-order valence-electron chi connectivity index (χ0n) is 13.0. The molecule has 5 heteroatoms. The van der Waals surface area contributed by atoms with Gasteiger partial charge in [0, 0.05) is 16.8 Å². The van der Waals surface area contributed by atoms with E-state index in [-0.39, 0.29) is 29.2 Å². The Morgan fingerprint density at radius 3 is 1.21 bits per heavy atom. The van der Waals surface area contributed by atoms with Crippen molar-refractivity contribution in [2.45, 2.75) is 78.7 Å². The molecule has 4 N–H and O–H groups in total. The fourth-order valence-corrected chi connectivity index (χ4v) is 1.37. The molecule has 2 unspecified atom stereocenters. The van der Waals surface area contributed by atoms with Gasteiger partial charge in [0.25, 0.3) is 0 Å². The van der Waals surface area contributed by atoms with E-state index < -0.39 is 0 Å². The molecule has 0 aromatic heterocycles. The molecule has 2 atom stereocenters. The molecule has 0 amide bonds. The number of aliphatic hydroxyl groups is 2. The maximum atomic E-state index is 9.07. The molecule has 0 bridgehead atoms. The van der Waals surface area contributed by atoms with Crippen LogP contribution < -0.4 is 10.6 Å². The van der Waals surface area contributed by atoms with E-state index in [0.29, 0.717) is 0 Å². The minimum atomic E-state index is -0.282. The molecule has 19 heavy (non-hydrogen) atoms. The first-order valence-electron chi connectivity index (χ1n) is 7.45.